The van der Waals surface area contributed by atoms with Crippen LogP contribution in [0.25, 0.3) is 0 Å². The summed E-state index contributed by atoms with van der Waals surface area (Å²) >= 11 is 0. The van der Waals surface area contributed by atoms with Crippen molar-refractivity contribution < 1.29 is 14.3 Å². The van der Waals surface area contributed by atoms with Gasteiger partial charge in [-0.1, -0.05) is 12.2 Å². The molecule has 0 saturated heterocycles. The average Bonchev–Trinajstić information content (AvgIpc) is 2.27. The van der Waals surface area contributed by atoms with Crippen LogP contribution in [0.3, 0.4) is 0 Å². The van der Waals surface area contributed by atoms with E-state index in [1.165, 1.54) is 13.2 Å². The fraction of sp³-hybridized carbons (Fsp3) is 0.500. The third-order valence-electron chi connectivity index (χ3n) is 2.10. The molecule has 3 nitrogen and oxygen atoms in total. The lowest BCUT2D eigenvalue weighted by Gasteiger charge is -2.08. The summed E-state index contributed by atoms with van der Waals surface area (Å²) in [6.07, 6.45) is 9.03. The lowest BCUT2D eigenvalue weighted by molar-refractivity contribution is -0.134. The quantitative estimate of drug-likeness (QED) is 0.267. The molecule has 15 heavy (non-hydrogen) atoms. The zero-order chi connectivity index (χ0) is 11.5. The molecule has 0 aromatic carbocycles. The van der Waals surface area contributed by atoms with Crippen LogP contribution in [0.15, 0.2) is 24.8 Å². The number of carbonyl (C=O) groups excluding carboxylic acids is 2. The van der Waals surface area contributed by atoms with Gasteiger partial charge in [-0.2, -0.15) is 0 Å². The number of carbonyl (C=O) groups is 2. The normalized spacial score (nSPS) is 12.3. The molecular formula is C12H18O3. The molecule has 0 saturated carbocycles. The second-order valence-corrected chi connectivity index (χ2v) is 3.25. The highest BCUT2D eigenvalue weighted by Crippen LogP contribution is 2.14. The third kappa shape index (κ3) is 7.67. The Morgan fingerprint density at radius 3 is 2.60 bits per heavy atom. The molecule has 0 rings (SSSR count). The molecule has 0 spiro atoms. The zero-order valence-corrected chi connectivity index (χ0v) is 9.15. The summed E-state index contributed by atoms with van der Waals surface area (Å²) in [6.45, 7) is 3.64. The highest BCUT2D eigenvalue weighted by atomic mass is 16.5. The Hall–Kier alpha value is -1.38. The lowest BCUT2D eigenvalue weighted by atomic mass is 9.97. The van der Waals surface area contributed by atoms with Crippen molar-refractivity contribution in [3.63, 3.8) is 0 Å². The Labute approximate surface area is 90.8 Å². The van der Waals surface area contributed by atoms with Crippen LogP contribution in [0, 0.1) is 5.92 Å². The van der Waals surface area contributed by atoms with E-state index in [1.54, 1.807) is 6.08 Å². The van der Waals surface area contributed by atoms with Gasteiger partial charge in [-0.05, 0) is 25.2 Å². The minimum Gasteiger partial charge on any atom is -0.466 e. The van der Waals surface area contributed by atoms with Gasteiger partial charge >= 0.3 is 5.97 Å². The maximum absolute atomic E-state index is 10.9. The van der Waals surface area contributed by atoms with Gasteiger partial charge in [-0.25, -0.2) is 4.79 Å². The van der Waals surface area contributed by atoms with Gasteiger partial charge in [0.25, 0.3) is 0 Å². The van der Waals surface area contributed by atoms with Gasteiger partial charge in [0.1, 0.15) is 6.29 Å². The topological polar surface area (TPSA) is 43.4 Å². The molecule has 0 aliphatic carbocycles. The van der Waals surface area contributed by atoms with Gasteiger partial charge in [-0.15, -0.1) is 6.58 Å². The van der Waals surface area contributed by atoms with E-state index in [9.17, 15) is 9.59 Å². The van der Waals surface area contributed by atoms with E-state index in [2.05, 4.69) is 11.3 Å². The number of hydrogen-bond donors (Lipinski definition) is 0. The molecule has 0 bridgehead atoms. The van der Waals surface area contributed by atoms with Crippen molar-refractivity contribution >= 4 is 12.3 Å². The molecular weight excluding hydrogens is 192 g/mol. The average molecular weight is 210 g/mol. The van der Waals surface area contributed by atoms with Crippen LogP contribution in [0.2, 0.25) is 0 Å². The summed E-state index contributed by atoms with van der Waals surface area (Å²) in [5.41, 5.74) is 0. The summed E-state index contributed by atoms with van der Waals surface area (Å²) in [6, 6.07) is 0. The predicted octanol–water partition coefficient (Wildman–Crippen LogP) is 2.28. The molecule has 0 aliphatic rings. The summed E-state index contributed by atoms with van der Waals surface area (Å²) in [5, 5.41) is 0. The standard InChI is InChI=1S/C12H18O3/c1-3-4-6-11(7-5-10-13)8-9-12(14)15-2/h3,8-11H,1,4-7H2,2H3/b9-8+. The van der Waals surface area contributed by atoms with Gasteiger partial charge in [0.15, 0.2) is 0 Å². The number of esters is 1. The second-order valence-electron chi connectivity index (χ2n) is 3.25. The second kappa shape index (κ2) is 9.19. The van der Waals surface area contributed by atoms with Crippen molar-refractivity contribution in [1.82, 2.24) is 0 Å². The van der Waals surface area contributed by atoms with E-state index in [0.717, 1.165) is 25.5 Å². The van der Waals surface area contributed by atoms with Gasteiger partial charge < -0.3 is 9.53 Å². The van der Waals surface area contributed by atoms with E-state index >= 15 is 0 Å². The summed E-state index contributed by atoms with van der Waals surface area (Å²) in [7, 11) is 1.34. The number of allylic oxidation sites excluding steroid dienone is 2. The van der Waals surface area contributed by atoms with Crippen LogP contribution in [0.1, 0.15) is 25.7 Å². The molecule has 3 heteroatoms. The first-order valence-corrected chi connectivity index (χ1v) is 5.05. The fourth-order valence-electron chi connectivity index (χ4n) is 1.23. The van der Waals surface area contributed by atoms with Gasteiger partial charge in [0.05, 0.1) is 7.11 Å². The van der Waals surface area contributed by atoms with Crippen molar-refractivity contribution in [3.05, 3.63) is 24.8 Å². The van der Waals surface area contributed by atoms with Crippen LogP contribution < -0.4 is 0 Å². The van der Waals surface area contributed by atoms with E-state index in [4.69, 9.17) is 0 Å². The molecule has 0 amide bonds. The zero-order valence-electron chi connectivity index (χ0n) is 9.15. The molecule has 0 N–H and O–H groups in total. The van der Waals surface area contributed by atoms with E-state index in [-0.39, 0.29) is 11.9 Å². The van der Waals surface area contributed by atoms with Gasteiger partial charge in [0.2, 0.25) is 0 Å². The highest BCUT2D eigenvalue weighted by molar-refractivity contribution is 5.81. The predicted molar refractivity (Wildman–Crippen MR) is 59.4 cm³/mol. The Morgan fingerprint density at radius 1 is 1.40 bits per heavy atom. The van der Waals surface area contributed by atoms with Crippen LogP contribution in [0.4, 0.5) is 0 Å². The first-order chi connectivity index (χ1) is 7.24. The lowest BCUT2D eigenvalue weighted by Crippen LogP contribution is -2.00. The van der Waals surface area contributed by atoms with Crippen molar-refractivity contribution in [2.75, 3.05) is 7.11 Å². The van der Waals surface area contributed by atoms with Gasteiger partial charge in [-0.3, -0.25) is 0 Å². The van der Waals surface area contributed by atoms with E-state index < -0.39 is 0 Å². The van der Waals surface area contributed by atoms with Crippen molar-refractivity contribution in [2.24, 2.45) is 5.92 Å². The molecule has 1 atom stereocenters. The van der Waals surface area contributed by atoms with Gasteiger partial charge in [0, 0.05) is 12.5 Å². The monoisotopic (exact) mass is 210 g/mol. The molecule has 0 aromatic heterocycles. The Morgan fingerprint density at radius 2 is 2.07 bits per heavy atom. The molecule has 0 fully saturated rings. The number of rotatable bonds is 8. The maximum atomic E-state index is 10.9. The first kappa shape index (κ1) is 13.6. The number of methoxy groups -OCH3 is 1. The maximum Gasteiger partial charge on any atom is 0.330 e. The minimum atomic E-state index is -0.357. The SMILES string of the molecule is C=CCCC(/C=C/C(=O)OC)CCC=O. The smallest absolute Gasteiger partial charge is 0.330 e. The summed E-state index contributed by atoms with van der Waals surface area (Å²) in [4.78, 5) is 21.1. The largest absolute Gasteiger partial charge is 0.466 e. The summed E-state index contributed by atoms with van der Waals surface area (Å²) < 4.78 is 4.49. The molecule has 0 heterocycles. The molecule has 0 radical (unpaired) electrons. The first-order valence-electron chi connectivity index (χ1n) is 5.05. The van der Waals surface area contributed by atoms with Crippen molar-refractivity contribution in [3.8, 4) is 0 Å². The number of aldehydes is 1. The summed E-state index contributed by atoms with van der Waals surface area (Å²) in [5.74, 6) is -0.114. The third-order valence-corrected chi connectivity index (χ3v) is 2.10. The molecule has 1 unspecified atom stereocenters. The molecule has 84 valence electrons. The van der Waals surface area contributed by atoms with Crippen molar-refractivity contribution in [1.29, 1.82) is 0 Å². The highest BCUT2D eigenvalue weighted by Gasteiger charge is 2.04. The Bertz CT molecular complexity index is 219. The van der Waals surface area contributed by atoms with E-state index in [0.29, 0.717) is 6.42 Å². The van der Waals surface area contributed by atoms with Crippen LogP contribution in [-0.4, -0.2) is 19.4 Å². The molecule has 0 aromatic rings. The van der Waals surface area contributed by atoms with E-state index in [1.807, 2.05) is 6.08 Å². The van der Waals surface area contributed by atoms with Crippen LogP contribution >= 0.6 is 0 Å². The fourth-order valence-corrected chi connectivity index (χ4v) is 1.23. The van der Waals surface area contributed by atoms with Crippen LogP contribution in [0.5, 0.6) is 0 Å². The Balaban J connectivity index is 4.08. The number of hydrogen-bond acceptors (Lipinski definition) is 3. The van der Waals surface area contributed by atoms with Crippen LogP contribution in [-0.2, 0) is 14.3 Å². The number of ether oxygens (including phenoxy) is 1. The van der Waals surface area contributed by atoms with Crippen molar-refractivity contribution in [2.45, 2.75) is 25.7 Å². The Kier molecular flexibility index (Phi) is 8.34. The minimum absolute atomic E-state index is 0.243. The molecule has 0 aliphatic heterocycles.